The van der Waals surface area contributed by atoms with Crippen molar-refractivity contribution in [2.24, 2.45) is 11.3 Å². The molecule has 1 atom stereocenters. The molecule has 0 bridgehead atoms. The highest BCUT2D eigenvalue weighted by atomic mass is 32.2. The van der Waals surface area contributed by atoms with E-state index in [1.54, 1.807) is 12.1 Å². The normalized spacial score (nSPS) is 35.2. The number of fused-ring (bicyclic) bond motifs is 1. The molecule has 1 aromatic carbocycles. The summed E-state index contributed by atoms with van der Waals surface area (Å²) in [6, 6.07) is 9.71. The van der Waals surface area contributed by atoms with Crippen LogP contribution in [0, 0.1) is 22.7 Å². The maximum atomic E-state index is 12.3. The molecule has 1 aliphatic heterocycles. The maximum absolute atomic E-state index is 12.3. The van der Waals surface area contributed by atoms with E-state index in [0.29, 0.717) is 10.8 Å². The predicted molar refractivity (Wildman–Crippen MR) is 76.9 cm³/mol. The monoisotopic (exact) mass is 289 g/mol. The average Bonchev–Trinajstić information content (AvgIpc) is 2.73. The summed E-state index contributed by atoms with van der Waals surface area (Å²) in [5, 5.41) is 9.74. The van der Waals surface area contributed by atoms with Gasteiger partial charge in [0.2, 0.25) is 0 Å². The first-order valence-electron chi connectivity index (χ1n) is 7.21. The Kier molecular flexibility index (Phi) is 3.13. The summed E-state index contributed by atoms with van der Waals surface area (Å²) < 4.78 is 24.6. The Bertz CT molecular complexity index is 664. The van der Waals surface area contributed by atoms with Gasteiger partial charge in [-0.25, -0.2) is 8.42 Å². The molecule has 0 amide bonds. The molecule has 2 aliphatic rings. The minimum Gasteiger partial charge on any atom is -0.224 e. The molecule has 0 radical (unpaired) electrons. The summed E-state index contributed by atoms with van der Waals surface area (Å²) in [6.45, 7) is 2.21. The number of hydrogen-bond donors (Lipinski definition) is 0. The predicted octanol–water partition coefficient (Wildman–Crippen LogP) is 3.28. The molecule has 1 aromatic rings. The molecule has 4 heteroatoms. The lowest BCUT2D eigenvalue weighted by Crippen LogP contribution is -2.33. The summed E-state index contributed by atoms with van der Waals surface area (Å²) in [6.07, 6.45) is 3.68. The van der Waals surface area contributed by atoms with Crippen molar-refractivity contribution in [3.05, 3.63) is 29.8 Å². The first-order chi connectivity index (χ1) is 9.48. The van der Waals surface area contributed by atoms with E-state index in [9.17, 15) is 13.7 Å². The summed E-state index contributed by atoms with van der Waals surface area (Å²) in [4.78, 5) is 0.443. The number of hydrogen-bond acceptors (Lipinski definition) is 3. The van der Waals surface area contributed by atoms with Gasteiger partial charge < -0.3 is 0 Å². The average molecular weight is 289 g/mol. The van der Waals surface area contributed by atoms with Gasteiger partial charge in [0.05, 0.1) is 22.1 Å². The third-order valence-electron chi connectivity index (χ3n) is 5.07. The van der Waals surface area contributed by atoms with Gasteiger partial charge in [0, 0.05) is 5.92 Å². The van der Waals surface area contributed by atoms with Crippen molar-refractivity contribution in [3.8, 4) is 6.07 Å². The summed E-state index contributed by atoms with van der Waals surface area (Å²) >= 11 is 0. The van der Waals surface area contributed by atoms with Crippen molar-refractivity contribution >= 4 is 9.84 Å². The van der Waals surface area contributed by atoms with Gasteiger partial charge >= 0.3 is 0 Å². The maximum Gasteiger partial charge on any atom is 0.179 e. The largest absolute Gasteiger partial charge is 0.224 e. The van der Waals surface area contributed by atoms with Crippen LogP contribution in [0.4, 0.5) is 0 Å². The number of sulfone groups is 1. The Balaban J connectivity index is 2.06. The molecule has 1 unspecified atom stereocenters. The Morgan fingerprint density at radius 1 is 1.25 bits per heavy atom. The first kappa shape index (κ1) is 13.6. The Morgan fingerprint density at radius 2 is 1.90 bits per heavy atom. The van der Waals surface area contributed by atoms with E-state index in [1.165, 1.54) is 0 Å². The zero-order valence-corrected chi connectivity index (χ0v) is 12.5. The van der Waals surface area contributed by atoms with Crippen molar-refractivity contribution in [2.75, 3.05) is 5.75 Å². The van der Waals surface area contributed by atoms with Gasteiger partial charge in [-0.2, -0.15) is 5.26 Å². The van der Waals surface area contributed by atoms with E-state index in [2.05, 4.69) is 13.0 Å². The van der Waals surface area contributed by atoms with Crippen LogP contribution in [-0.2, 0) is 9.84 Å². The molecule has 1 saturated carbocycles. The Hall–Kier alpha value is -1.34. The Labute approximate surface area is 120 Å². The van der Waals surface area contributed by atoms with Crippen LogP contribution in [0.3, 0.4) is 0 Å². The number of rotatable bonds is 1. The standard InChI is InChI=1S/C16H19NO2S/c1-12-6-8-16(11-17,9-7-12)14-10-20(18,19)15-5-3-2-4-13(14)15/h2-5,12,14H,6-10H2,1H3. The van der Waals surface area contributed by atoms with Crippen LogP contribution in [0.25, 0.3) is 0 Å². The zero-order valence-electron chi connectivity index (χ0n) is 11.7. The highest BCUT2D eigenvalue weighted by molar-refractivity contribution is 7.91. The number of nitriles is 1. The van der Waals surface area contributed by atoms with E-state index >= 15 is 0 Å². The van der Waals surface area contributed by atoms with Crippen molar-refractivity contribution in [2.45, 2.75) is 43.4 Å². The molecule has 0 aromatic heterocycles. The molecule has 0 N–H and O–H groups in total. The molecule has 3 nitrogen and oxygen atoms in total. The van der Waals surface area contributed by atoms with Gasteiger partial charge in [-0.1, -0.05) is 25.1 Å². The van der Waals surface area contributed by atoms with Crippen LogP contribution in [0.2, 0.25) is 0 Å². The van der Waals surface area contributed by atoms with Crippen molar-refractivity contribution in [1.82, 2.24) is 0 Å². The molecule has 1 aliphatic carbocycles. The molecule has 20 heavy (non-hydrogen) atoms. The van der Waals surface area contributed by atoms with Crippen molar-refractivity contribution in [1.29, 1.82) is 5.26 Å². The highest BCUT2D eigenvalue weighted by Crippen LogP contribution is 2.52. The second-order valence-electron chi connectivity index (χ2n) is 6.32. The second-order valence-corrected chi connectivity index (χ2v) is 8.32. The van der Waals surface area contributed by atoms with E-state index in [-0.39, 0.29) is 11.7 Å². The molecule has 3 rings (SSSR count). The van der Waals surface area contributed by atoms with Crippen molar-refractivity contribution < 1.29 is 8.42 Å². The SMILES string of the molecule is CC1CCC(C#N)(C2CS(=O)(=O)c3ccccc32)CC1. The Morgan fingerprint density at radius 3 is 2.55 bits per heavy atom. The molecule has 1 heterocycles. The van der Waals surface area contributed by atoms with Gasteiger partial charge in [-0.15, -0.1) is 0 Å². The lowest BCUT2D eigenvalue weighted by Gasteiger charge is -2.38. The van der Waals surface area contributed by atoms with Crippen LogP contribution in [0.1, 0.15) is 44.1 Å². The van der Waals surface area contributed by atoms with E-state index in [0.717, 1.165) is 31.2 Å². The summed E-state index contributed by atoms with van der Waals surface area (Å²) in [5.41, 5.74) is 0.371. The fourth-order valence-electron chi connectivity index (χ4n) is 3.72. The van der Waals surface area contributed by atoms with Crippen LogP contribution in [-0.4, -0.2) is 14.2 Å². The van der Waals surface area contributed by atoms with Gasteiger partial charge in [0.25, 0.3) is 0 Å². The number of benzene rings is 1. The third kappa shape index (κ3) is 1.96. The molecule has 0 spiro atoms. The molecule has 106 valence electrons. The lowest BCUT2D eigenvalue weighted by molar-refractivity contribution is 0.190. The smallest absolute Gasteiger partial charge is 0.179 e. The molecule has 1 fully saturated rings. The van der Waals surface area contributed by atoms with Gasteiger partial charge in [-0.3, -0.25) is 0 Å². The molecular weight excluding hydrogens is 270 g/mol. The summed E-state index contributed by atoms with van der Waals surface area (Å²) in [5.74, 6) is 0.597. The second kappa shape index (κ2) is 4.60. The molecule has 0 saturated heterocycles. The van der Waals surface area contributed by atoms with Crippen LogP contribution >= 0.6 is 0 Å². The highest BCUT2D eigenvalue weighted by Gasteiger charge is 2.49. The molecular formula is C16H19NO2S. The zero-order chi connectivity index (χ0) is 14.4. The van der Waals surface area contributed by atoms with Crippen LogP contribution < -0.4 is 0 Å². The van der Waals surface area contributed by atoms with Gasteiger partial charge in [-0.05, 0) is 43.2 Å². The third-order valence-corrected chi connectivity index (χ3v) is 6.89. The number of nitrogens with zero attached hydrogens (tertiary/aromatic N) is 1. The fraction of sp³-hybridized carbons (Fsp3) is 0.562. The van der Waals surface area contributed by atoms with Gasteiger partial charge in [0.15, 0.2) is 9.84 Å². The van der Waals surface area contributed by atoms with Crippen LogP contribution in [0.5, 0.6) is 0 Å². The quantitative estimate of drug-likeness (QED) is 0.797. The minimum atomic E-state index is -3.22. The van der Waals surface area contributed by atoms with E-state index in [1.807, 2.05) is 12.1 Å². The van der Waals surface area contributed by atoms with Crippen LogP contribution in [0.15, 0.2) is 29.2 Å². The fourth-order valence-corrected chi connectivity index (χ4v) is 5.70. The first-order valence-corrected chi connectivity index (χ1v) is 8.87. The van der Waals surface area contributed by atoms with E-state index in [4.69, 9.17) is 0 Å². The summed E-state index contributed by atoms with van der Waals surface area (Å²) in [7, 11) is -3.22. The lowest BCUT2D eigenvalue weighted by atomic mass is 9.63. The van der Waals surface area contributed by atoms with Gasteiger partial charge in [0.1, 0.15) is 0 Å². The minimum absolute atomic E-state index is 0.105. The van der Waals surface area contributed by atoms with E-state index < -0.39 is 15.3 Å². The topological polar surface area (TPSA) is 57.9 Å². The van der Waals surface area contributed by atoms with Crippen molar-refractivity contribution in [3.63, 3.8) is 0 Å².